The summed E-state index contributed by atoms with van der Waals surface area (Å²) in [5.41, 5.74) is 0.481. The van der Waals surface area contributed by atoms with Crippen molar-refractivity contribution in [2.45, 2.75) is 25.2 Å². The summed E-state index contributed by atoms with van der Waals surface area (Å²) in [7, 11) is 2.86. The zero-order valence-electron chi connectivity index (χ0n) is 11.5. The van der Waals surface area contributed by atoms with Crippen molar-refractivity contribution in [3.63, 3.8) is 0 Å². The summed E-state index contributed by atoms with van der Waals surface area (Å²) in [6.07, 6.45) is 0.678. The van der Waals surface area contributed by atoms with Crippen LogP contribution in [-0.4, -0.2) is 27.8 Å². The number of thiazole rings is 1. The number of esters is 1. The van der Waals surface area contributed by atoms with E-state index in [1.54, 1.807) is 7.05 Å². The Bertz CT molecular complexity index is 672. The highest BCUT2D eigenvalue weighted by atomic mass is 32.1. The summed E-state index contributed by atoms with van der Waals surface area (Å²) < 4.78 is 32.3. The van der Waals surface area contributed by atoms with Gasteiger partial charge in [-0.1, -0.05) is 0 Å². The van der Waals surface area contributed by atoms with Gasteiger partial charge in [0.25, 0.3) is 6.43 Å². The van der Waals surface area contributed by atoms with Crippen molar-refractivity contribution in [3.8, 4) is 10.6 Å². The Morgan fingerprint density at radius 1 is 1.52 bits per heavy atom. The SMILES string of the molecule is COC(=O)c1c(-c2nc(C(F)F)c(C3CC3)s2)cnn1C. The average Bonchev–Trinajstić information content (AvgIpc) is 3.08. The zero-order valence-corrected chi connectivity index (χ0v) is 12.3. The molecule has 1 aliphatic carbocycles. The van der Waals surface area contributed by atoms with Crippen molar-refractivity contribution >= 4 is 17.3 Å². The second kappa shape index (κ2) is 5.18. The van der Waals surface area contributed by atoms with Crippen molar-refractivity contribution in [1.29, 1.82) is 0 Å². The second-order valence-corrected chi connectivity index (χ2v) is 5.90. The third kappa shape index (κ3) is 2.44. The molecule has 0 bridgehead atoms. The van der Waals surface area contributed by atoms with Crippen LogP contribution >= 0.6 is 11.3 Å². The Hall–Kier alpha value is -1.83. The minimum absolute atomic E-state index is 0.169. The van der Waals surface area contributed by atoms with Crippen LogP contribution in [-0.2, 0) is 11.8 Å². The Balaban J connectivity index is 2.09. The molecule has 0 aromatic carbocycles. The highest BCUT2D eigenvalue weighted by molar-refractivity contribution is 7.15. The Labute approximate surface area is 123 Å². The van der Waals surface area contributed by atoms with Gasteiger partial charge in [0, 0.05) is 11.9 Å². The van der Waals surface area contributed by atoms with Crippen LogP contribution in [0.5, 0.6) is 0 Å². The molecule has 2 aromatic rings. The molecule has 0 saturated heterocycles. The van der Waals surface area contributed by atoms with Gasteiger partial charge in [0.2, 0.25) is 0 Å². The molecule has 21 heavy (non-hydrogen) atoms. The number of carbonyl (C=O) groups excluding carboxylic acids is 1. The number of alkyl halides is 2. The van der Waals surface area contributed by atoms with E-state index in [4.69, 9.17) is 4.74 Å². The van der Waals surface area contributed by atoms with E-state index in [-0.39, 0.29) is 17.3 Å². The lowest BCUT2D eigenvalue weighted by Gasteiger charge is -2.01. The first kappa shape index (κ1) is 14.1. The molecule has 1 saturated carbocycles. The molecular formula is C13H13F2N3O2S. The summed E-state index contributed by atoms with van der Waals surface area (Å²) in [6, 6.07) is 0. The molecule has 1 fully saturated rings. The van der Waals surface area contributed by atoms with Gasteiger partial charge in [-0.2, -0.15) is 5.10 Å². The Morgan fingerprint density at radius 2 is 2.24 bits per heavy atom. The van der Waals surface area contributed by atoms with Crippen LogP contribution in [0.2, 0.25) is 0 Å². The van der Waals surface area contributed by atoms with Crippen molar-refractivity contribution in [2.75, 3.05) is 7.11 Å². The predicted molar refractivity (Wildman–Crippen MR) is 72.6 cm³/mol. The van der Waals surface area contributed by atoms with Gasteiger partial charge in [0.1, 0.15) is 10.7 Å². The molecule has 0 radical (unpaired) electrons. The van der Waals surface area contributed by atoms with Gasteiger partial charge in [-0.15, -0.1) is 11.3 Å². The molecule has 1 aliphatic rings. The van der Waals surface area contributed by atoms with Crippen molar-refractivity contribution in [3.05, 3.63) is 22.5 Å². The van der Waals surface area contributed by atoms with E-state index in [1.807, 2.05) is 0 Å². The maximum atomic E-state index is 13.1. The van der Waals surface area contributed by atoms with E-state index in [9.17, 15) is 13.6 Å². The number of rotatable bonds is 4. The number of aromatic nitrogens is 3. The summed E-state index contributed by atoms with van der Waals surface area (Å²) in [5.74, 6) is -0.384. The first-order valence-corrected chi connectivity index (χ1v) is 7.24. The molecule has 0 atom stereocenters. The number of carbonyl (C=O) groups is 1. The maximum absolute atomic E-state index is 13.1. The van der Waals surface area contributed by atoms with Crippen LogP contribution in [0.1, 0.15) is 46.2 Å². The van der Waals surface area contributed by atoms with Crippen molar-refractivity contribution in [1.82, 2.24) is 14.8 Å². The first-order valence-electron chi connectivity index (χ1n) is 6.42. The monoisotopic (exact) mass is 313 g/mol. The predicted octanol–water partition coefficient (Wildman–Crippen LogP) is 3.15. The number of methoxy groups -OCH3 is 1. The van der Waals surface area contributed by atoms with Crippen LogP contribution < -0.4 is 0 Å². The van der Waals surface area contributed by atoms with Crippen LogP contribution in [0.4, 0.5) is 8.78 Å². The third-order valence-corrected chi connectivity index (χ3v) is 4.65. The molecule has 0 amide bonds. The van der Waals surface area contributed by atoms with Gasteiger partial charge in [-0.05, 0) is 18.8 Å². The summed E-state index contributed by atoms with van der Waals surface area (Å²) >= 11 is 1.21. The molecule has 5 nitrogen and oxygen atoms in total. The maximum Gasteiger partial charge on any atom is 0.357 e. The lowest BCUT2D eigenvalue weighted by atomic mass is 10.2. The molecule has 0 N–H and O–H groups in total. The van der Waals surface area contributed by atoms with Crippen LogP contribution in [0.3, 0.4) is 0 Å². The molecule has 3 rings (SSSR count). The van der Waals surface area contributed by atoms with Gasteiger partial charge < -0.3 is 4.74 Å². The van der Waals surface area contributed by atoms with E-state index in [1.165, 1.54) is 29.3 Å². The fourth-order valence-electron chi connectivity index (χ4n) is 2.19. The molecule has 0 spiro atoms. The summed E-state index contributed by atoms with van der Waals surface area (Å²) in [6.45, 7) is 0. The van der Waals surface area contributed by atoms with Gasteiger partial charge >= 0.3 is 5.97 Å². The highest BCUT2D eigenvalue weighted by Gasteiger charge is 2.33. The number of halogens is 2. The quantitative estimate of drug-likeness (QED) is 0.814. The molecule has 112 valence electrons. The van der Waals surface area contributed by atoms with E-state index in [2.05, 4.69) is 10.1 Å². The van der Waals surface area contributed by atoms with E-state index in [0.29, 0.717) is 15.4 Å². The molecule has 8 heteroatoms. The van der Waals surface area contributed by atoms with Crippen LogP contribution in [0.15, 0.2) is 6.20 Å². The van der Waals surface area contributed by atoms with Gasteiger partial charge in [0.05, 0.1) is 18.9 Å². The molecular weight excluding hydrogens is 300 g/mol. The van der Waals surface area contributed by atoms with Gasteiger partial charge in [0.15, 0.2) is 5.69 Å². The average molecular weight is 313 g/mol. The normalized spacial score (nSPS) is 14.7. The zero-order chi connectivity index (χ0) is 15.1. The van der Waals surface area contributed by atoms with Gasteiger partial charge in [-0.3, -0.25) is 4.68 Å². The topological polar surface area (TPSA) is 57.0 Å². The smallest absolute Gasteiger partial charge is 0.357 e. The second-order valence-electron chi connectivity index (χ2n) is 4.87. The number of nitrogens with zero attached hydrogens (tertiary/aromatic N) is 3. The molecule has 2 heterocycles. The standard InChI is InChI=1S/C13H13F2N3O2S/c1-18-9(13(19)20-2)7(5-16-18)12-17-8(11(14)15)10(21-12)6-3-4-6/h5-6,11H,3-4H2,1-2H3. The van der Waals surface area contributed by atoms with Crippen LogP contribution in [0.25, 0.3) is 10.6 Å². The lowest BCUT2D eigenvalue weighted by molar-refractivity contribution is 0.0589. The van der Waals surface area contributed by atoms with Crippen molar-refractivity contribution < 1.29 is 18.3 Å². The molecule has 0 aliphatic heterocycles. The van der Waals surface area contributed by atoms with E-state index < -0.39 is 12.4 Å². The minimum Gasteiger partial charge on any atom is -0.464 e. The van der Waals surface area contributed by atoms with E-state index in [0.717, 1.165) is 12.8 Å². The highest BCUT2D eigenvalue weighted by Crippen LogP contribution is 2.48. The summed E-state index contributed by atoms with van der Waals surface area (Å²) in [4.78, 5) is 16.5. The third-order valence-electron chi connectivity index (χ3n) is 3.38. The van der Waals surface area contributed by atoms with Crippen molar-refractivity contribution in [2.24, 2.45) is 7.05 Å². The Kier molecular flexibility index (Phi) is 3.48. The first-order chi connectivity index (χ1) is 10.0. The lowest BCUT2D eigenvalue weighted by Crippen LogP contribution is -2.09. The fourth-order valence-corrected chi connectivity index (χ4v) is 3.44. The molecule has 2 aromatic heterocycles. The minimum atomic E-state index is -2.61. The number of aryl methyl sites for hydroxylation is 1. The van der Waals surface area contributed by atoms with Gasteiger partial charge in [-0.25, -0.2) is 18.6 Å². The Morgan fingerprint density at radius 3 is 2.81 bits per heavy atom. The largest absolute Gasteiger partial charge is 0.464 e. The number of hydrogen-bond acceptors (Lipinski definition) is 5. The number of ether oxygens (including phenoxy) is 1. The van der Waals surface area contributed by atoms with E-state index >= 15 is 0 Å². The number of hydrogen-bond donors (Lipinski definition) is 0. The molecule has 0 unspecified atom stereocenters. The summed E-state index contributed by atoms with van der Waals surface area (Å²) in [5, 5.41) is 4.39. The fraction of sp³-hybridized carbons (Fsp3) is 0.462. The van der Waals surface area contributed by atoms with Crippen LogP contribution in [0, 0.1) is 0 Å².